The van der Waals surface area contributed by atoms with Gasteiger partial charge in [0, 0.05) is 22.5 Å². The van der Waals surface area contributed by atoms with Crippen LogP contribution in [0, 0.1) is 0 Å². The van der Waals surface area contributed by atoms with Crippen LogP contribution in [0.5, 0.6) is 0 Å². The minimum absolute atomic E-state index is 0.104. The molecule has 1 amide bonds. The number of benzene rings is 1. The number of hydrogen-bond donors (Lipinski definition) is 1. The van der Waals surface area contributed by atoms with E-state index >= 15 is 0 Å². The lowest BCUT2D eigenvalue weighted by atomic mass is 10.2. The molecule has 0 saturated carbocycles. The maximum absolute atomic E-state index is 13.0. The average Bonchev–Trinajstić information content (AvgIpc) is 3.42. The monoisotopic (exact) mass is 521 g/mol. The first kappa shape index (κ1) is 22.0. The number of carbonyl (C=O) groups excluding carboxylic acids is 1. The van der Waals surface area contributed by atoms with E-state index in [9.17, 15) is 13.2 Å². The summed E-state index contributed by atoms with van der Waals surface area (Å²) in [5.41, 5.74) is 1.29. The summed E-state index contributed by atoms with van der Waals surface area (Å²) in [7, 11) is -3.82. The number of rotatable bonds is 5. The van der Waals surface area contributed by atoms with Crippen LogP contribution >= 0.6 is 57.5 Å². The van der Waals surface area contributed by atoms with E-state index in [1.54, 1.807) is 11.4 Å². The van der Waals surface area contributed by atoms with Crippen LogP contribution in [0.25, 0.3) is 11.3 Å². The highest BCUT2D eigenvalue weighted by Crippen LogP contribution is 2.39. The molecule has 0 spiro atoms. The molecule has 1 atom stereocenters. The Morgan fingerprint density at radius 2 is 1.93 bits per heavy atom. The molecule has 158 valence electrons. The number of amides is 1. The molecule has 0 radical (unpaired) electrons. The number of carbonyl (C=O) groups is 1. The maximum atomic E-state index is 13.0. The molecular formula is C18H14Cl3N3O3S3. The fraction of sp³-hybridized carbons (Fsp3) is 0.222. The normalized spacial score (nSPS) is 17.4. The second kappa shape index (κ2) is 8.74. The van der Waals surface area contributed by atoms with Crippen molar-refractivity contribution in [1.82, 2.24) is 9.29 Å². The Kier molecular flexibility index (Phi) is 6.41. The van der Waals surface area contributed by atoms with Gasteiger partial charge in [0.1, 0.15) is 10.4 Å². The summed E-state index contributed by atoms with van der Waals surface area (Å²) in [4.78, 5) is 17.3. The second-order valence-electron chi connectivity index (χ2n) is 6.49. The predicted octanol–water partition coefficient (Wildman–Crippen LogP) is 5.62. The lowest BCUT2D eigenvalue weighted by Crippen LogP contribution is -2.43. The summed E-state index contributed by atoms with van der Waals surface area (Å²) in [6.07, 6.45) is 1.03. The number of halogens is 3. The van der Waals surface area contributed by atoms with Crippen LogP contribution in [0.1, 0.15) is 12.8 Å². The zero-order valence-corrected chi connectivity index (χ0v) is 19.9. The number of thiophene rings is 1. The number of nitrogens with zero attached hydrogens (tertiary/aromatic N) is 2. The maximum Gasteiger partial charge on any atom is 0.244 e. The van der Waals surface area contributed by atoms with Crippen LogP contribution in [0.15, 0.2) is 40.6 Å². The topological polar surface area (TPSA) is 79.4 Å². The Hall–Kier alpha value is -1.20. The molecule has 2 aromatic heterocycles. The van der Waals surface area contributed by atoms with E-state index in [-0.39, 0.29) is 11.4 Å². The van der Waals surface area contributed by atoms with Crippen molar-refractivity contribution < 1.29 is 13.2 Å². The Labute approximate surface area is 196 Å². The third kappa shape index (κ3) is 4.38. The Morgan fingerprint density at radius 1 is 1.20 bits per heavy atom. The molecule has 1 aliphatic rings. The molecular weight excluding hydrogens is 509 g/mol. The third-order valence-corrected chi connectivity index (χ3v) is 9.01. The lowest BCUT2D eigenvalue weighted by molar-refractivity contribution is -0.119. The smallest absolute Gasteiger partial charge is 0.244 e. The second-order valence-corrected chi connectivity index (χ2v) is 12.0. The number of aromatic nitrogens is 1. The summed E-state index contributed by atoms with van der Waals surface area (Å²) in [6.45, 7) is 0.273. The van der Waals surface area contributed by atoms with Gasteiger partial charge in [-0.25, -0.2) is 13.4 Å². The fourth-order valence-corrected chi connectivity index (χ4v) is 7.17. The molecule has 1 fully saturated rings. The summed E-state index contributed by atoms with van der Waals surface area (Å²) in [5.74, 6) is -0.416. The Bertz CT molecular complexity index is 1190. The van der Waals surface area contributed by atoms with Gasteiger partial charge >= 0.3 is 0 Å². The van der Waals surface area contributed by atoms with Crippen molar-refractivity contribution in [2.75, 3.05) is 11.9 Å². The lowest BCUT2D eigenvalue weighted by Gasteiger charge is -2.23. The van der Waals surface area contributed by atoms with E-state index in [0.717, 1.165) is 0 Å². The highest BCUT2D eigenvalue weighted by atomic mass is 35.5. The van der Waals surface area contributed by atoms with Gasteiger partial charge in [-0.1, -0.05) is 34.8 Å². The zero-order chi connectivity index (χ0) is 21.5. The largest absolute Gasteiger partial charge is 0.301 e. The van der Waals surface area contributed by atoms with Gasteiger partial charge in [-0.15, -0.1) is 22.7 Å². The van der Waals surface area contributed by atoms with Gasteiger partial charge < -0.3 is 5.32 Å². The van der Waals surface area contributed by atoms with E-state index in [1.165, 1.54) is 51.2 Å². The van der Waals surface area contributed by atoms with E-state index in [1.807, 2.05) is 0 Å². The summed E-state index contributed by atoms with van der Waals surface area (Å²) < 4.78 is 28.3. The molecule has 4 rings (SSSR count). The van der Waals surface area contributed by atoms with Crippen LogP contribution in [-0.4, -0.2) is 36.2 Å². The van der Waals surface area contributed by atoms with Gasteiger partial charge in [-0.2, -0.15) is 4.31 Å². The van der Waals surface area contributed by atoms with Crippen LogP contribution in [0.2, 0.25) is 13.7 Å². The molecule has 30 heavy (non-hydrogen) atoms. The fourth-order valence-electron chi connectivity index (χ4n) is 3.19. The molecule has 6 nitrogen and oxygen atoms in total. The number of sulfonamides is 1. The standard InChI is InChI=1S/C18H14Cl3N3O3S3/c19-10-3-5-11(6-4-10)30(26,27)24-7-1-2-14(24)17(25)23-18-22-13(9-28-18)12-8-15(20)29-16(12)21/h3-6,8-9,14H,1-2,7H2,(H,22,23,25). The summed E-state index contributed by atoms with van der Waals surface area (Å²) >= 11 is 20.5. The summed E-state index contributed by atoms with van der Waals surface area (Å²) in [6, 6.07) is 6.81. The Balaban J connectivity index is 1.52. The van der Waals surface area contributed by atoms with Crippen molar-refractivity contribution in [3.63, 3.8) is 0 Å². The van der Waals surface area contributed by atoms with Crippen LogP contribution in [0.4, 0.5) is 5.13 Å². The molecule has 12 heteroatoms. The first-order chi connectivity index (χ1) is 14.3. The molecule has 0 bridgehead atoms. The van der Waals surface area contributed by atoms with Gasteiger partial charge in [0.05, 0.1) is 14.9 Å². The Morgan fingerprint density at radius 3 is 2.60 bits per heavy atom. The van der Waals surface area contributed by atoms with Crippen LogP contribution < -0.4 is 5.32 Å². The number of nitrogens with one attached hydrogen (secondary N) is 1. The molecule has 1 unspecified atom stereocenters. The van der Waals surface area contributed by atoms with Gasteiger partial charge in [0.15, 0.2) is 5.13 Å². The number of anilines is 1. The number of hydrogen-bond acceptors (Lipinski definition) is 6. The zero-order valence-electron chi connectivity index (χ0n) is 15.1. The molecule has 3 aromatic rings. The van der Waals surface area contributed by atoms with E-state index < -0.39 is 22.0 Å². The third-order valence-electron chi connectivity index (χ3n) is 4.59. The van der Waals surface area contributed by atoms with Crippen molar-refractivity contribution in [3.8, 4) is 11.3 Å². The van der Waals surface area contributed by atoms with Gasteiger partial charge in [0.25, 0.3) is 0 Å². The first-order valence-electron chi connectivity index (χ1n) is 8.75. The molecule has 3 heterocycles. The van der Waals surface area contributed by atoms with Crippen molar-refractivity contribution >= 4 is 78.5 Å². The van der Waals surface area contributed by atoms with Crippen LogP contribution in [0.3, 0.4) is 0 Å². The SMILES string of the molecule is O=C(Nc1nc(-c2cc(Cl)sc2Cl)cs1)C1CCCN1S(=O)(=O)c1ccc(Cl)cc1. The summed E-state index contributed by atoms with van der Waals surface area (Å²) in [5, 5.41) is 5.30. The highest BCUT2D eigenvalue weighted by Gasteiger charge is 2.39. The minimum Gasteiger partial charge on any atom is -0.301 e. The minimum atomic E-state index is -3.82. The van der Waals surface area contributed by atoms with Crippen LogP contribution in [-0.2, 0) is 14.8 Å². The molecule has 0 aliphatic carbocycles. The van der Waals surface area contributed by atoms with Crippen molar-refractivity contribution in [3.05, 3.63) is 49.4 Å². The molecule has 1 aliphatic heterocycles. The van der Waals surface area contributed by atoms with Gasteiger partial charge in [0.2, 0.25) is 15.9 Å². The highest BCUT2D eigenvalue weighted by molar-refractivity contribution is 7.89. The van der Waals surface area contributed by atoms with Gasteiger partial charge in [-0.05, 0) is 43.2 Å². The van der Waals surface area contributed by atoms with Crippen molar-refractivity contribution in [2.24, 2.45) is 0 Å². The molecule has 1 aromatic carbocycles. The quantitative estimate of drug-likeness (QED) is 0.471. The average molecular weight is 523 g/mol. The van der Waals surface area contributed by atoms with Crippen molar-refractivity contribution in [1.29, 1.82) is 0 Å². The molecule has 1 N–H and O–H groups in total. The number of thiazole rings is 1. The predicted molar refractivity (Wildman–Crippen MR) is 122 cm³/mol. The van der Waals surface area contributed by atoms with E-state index in [0.29, 0.717) is 42.9 Å². The van der Waals surface area contributed by atoms with Gasteiger partial charge in [-0.3, -0.25) is 4.79 Å². The van der Waals surface area contributed by atoms with E-state index in [4.69, 9.17) is 34.8 Å². The van der Waals surface area contributed by atoms with E-state index in [2.05, 4.69) is 10.3 Å². The van der Waals surface area contributed by atoms with Crippen molar-refractivity contribution in [2.45, 2.75) is 23.8 Å². The first-order valence-corrected chi connectivity index (χ1v) is 13.0. The molecule has 1 saturated heterocycles.